The van der Waals surface area contributed by atoms with E-state index in [0.717, 1.165) is 11.3 Å². The van der Waals surface area contributed by atoms with Crippen molar-refractivity contribution >= 4 is 50.9 Å². The Labute approximate surface area is 236 Å². The molecular formula is C25H21BrCl2N4O4S. The summed E-state index contributed by atoms with van der Waals surface area (Å²) in [7, 11) is 1.52. The van der Waals surface area contributed by atoms with Crippen LogP contribution in [-0.2, 0) is 6.61 Å². The maximum atomic E-state index is 11.6. The average molecular weight is 624 g/mol. The first kappa shape index (κ1) is 27.3. The van der Waals surface area contributed by atoms with E-state index >= 15 is 0 Å². The molecule has 1 heterocycles. The average Bonchev–Trinajstić information content (AvgIpc) is 3.23. The highest BCUT2D eigenvalue weighted by molar-refractivity contribution is 9.10. The quantitative estimate of drug-likeness (QED) is 0.104. The zero-order valence-electron chi connectivity index (χ0n) is 19.7. The summed E-state index contributed by atoms with van der Waals surface area (Å²) in [4.78, 5) is 11.3. The first-order valence-electron chi connectivity index (χ1n) is 11.0. The van der Waals surface area contributed by atoms with Crippen molar-refractivity contribution in [2.75, 3.05) is 13.7 Å². The Morgan fingerprint density at radius 2 is 1.86 bits per heavy atom. The second-order valence-corrected chi connectivity index (χ2v) is 10.7. The highest BCUT2D eigenvalue weighted by atomic mass is 79.9. The van der Waals surface area contributed by atoms with Crippen molar-refractivity contribution in [3.63, 3.8) is 0 Å². The number of ether oxygens (including phenoxy) is 2. The molecule has 37 heavy (non-hydrogen) atoms. The van der Waals surface area contributed by atoms with E-state index in [1.54, 1.807) is 30.3 Å². The van der Waals surface area contributed by atoms with E-state index in [-0.39, 0.29) is 18.1 Å². The van der Waals surface area contributed by atoms with Crippen LogP contribution in [0.5, 0.6) is 11.5 Å². The minimum atomic E-state index is -0.590. The lowest BCUT2D eigenvalue weighted by Gasteiger charge is -2.18. The smallest absolute Gasteiger partial charge is 0.220 e. The van der Waals surface area contributed by atoms with Crippen LogP contribution in [-0.4, -0.2) is 33.3 Å². The van der Waals surface area contributed by atoms with Crippen molar-refractivity contribution in [2.24, 2.45) is 0 Å². The van der Waals surface area contributed by atoms with Crippen LogP contribution in [0, 0.1) is 17.0 Å². The maximum Gasteiger partial charge on any atom is 0.220 e. The van der Waals surface area contributed by atoms with Gasteiger partial charge in [-0.25, -0.2) is 0 Å². The molecule has 0 amide bonds. The molecule has 0 saturated heterocycles. The van der Waals surface area contributed by atoms with Crippen molar-refractivity contribution in [3.05, 3.63) is 102 Å². The molecule has 0 aliphatic rings. The van der Waals surface area contributed by atoms with Gasteiger partial charge < -0.3 is 9.47 Å². The third-order valence-electron chi connectivity index (χ3n) is 5.40. The molecule has 0 aliphatic carbocycles. The first-order chi connectivity index (χ1) is 17.8. The van der Waals surface area contributed by atoms with Gasteiger partial charge in [0.1, 0.15) is 17.7 Å². The fraction of sp³-hybridized carbons (Fsp3) is 0.200. The Morgan fingerprint density at radius 1 is 1.14 bits per heavy atom. The van der Waals surface area contributed by atoms with Gasteiger partial charge in [0.25, 0.3) is 0 Å². The maximum absolute atomic E-state index is 11.6. The SMILES string of the molecule is COc1cc([C@@H](C[N+](=O)[O-])Sc2nnc(C)n2-c2ccc(Cl)cc2)cc(Br)c1OCc1ccccc1Cl. The summed E-state index contributed by atoms with van der Waals surface area (Å²) in [5, 5.41) is 21.2. The van der Waals surface area contributed by atoms with Crippen LogP contribution in [0.1, 0.15) is 22.2 Å². The molecule has 0 aliphatic heterocycles. The molecule has 1 atom stereocenters. The fourth-order valence-electron chi connectivity index (χ4n) is 3.61. The molecule has 0 radical (unpaired) electrons. The molecule has 1 aromatic heterocycles. The number of benzene rings is 3. The molecule has 12 heteroatoms. The molecule has 3 aromatic carbocycles. The Kier molecular flexibility index (Phi) is 8.96. The van der Waals surface area contributed by atoms with Crippen molar-refractivity contribution < 1.29 is 14.4 Å². The second-order valence-electron chi connectivity index (χ2n) is 7.88. The second kappa shape index (κ2) is 12.2. The minimum Gasteiger partial charge on any atom is -0.493 e. The molecule has 0 N–H and O–H groups in total. The van der Waals surface area contributed by atoms with Crippen LogP contribution in [0.2, 0.25) is 10.0 Å². The molecule has 192 valence electrons. The number of aryl methyl sites for hydroxylation is 1. The monoisotopic (exact) mass is 622 g/mol. The number of methoxy groups -OCH3 is 1. The van der Waals surface area contributed by atoms with E-state index < -0.39 is 5.25 Å². The van der Waals surface area contributed by atoms with Crippen LogP contribution in [0.4, 0.5) is 0 Å². The number of nitro groups is 1. The number of hydrogen-bond donors (Lipinski definition) is 0. The zero-order valence-corrected chi connectivity index (χ0v) is 23.6. The third kappa shape index (κ3) is 6.56. The summed E-state index contributed by atoms with van der Waals surface area (Å²) in [6, 6.07) is 18.1. The summed E-state index contributed by atoms with van der Waals surface area (Å²) in [6.45, 7) is 1.70. The van der Waals surface area contributed by atoms with Gasteiger partial charge in [0, 0.05) is 26.2 Å². The van der Waals surface area contributed by atoms with E-state index in [4.69, 9.17) is 32.7 Å². The van der Waals surface area contributed by atoms with Gasteiger partial charge in [0.05, 0.1) is 11.6 Å². The van der Waals surface area contributed by atoms with Crippen molar-refractivity contribution in [1.82, 2.24) is 14.8 Å². The van der Waals surface area contributed by atoms with Crippen molar-refractivity contribution in [1.29, 1.82) is 0 Å². The highest BCUT2D eigenvalue weighted by Crippen LogP contribution is 2.43. The van der Waals surface area contributed by atoms with Gasteiger partial charge in [-0.1, -0.05) is 53.2 Å². The van der Waals surface area contributed by atoms with E-state index in [9.17, 15) is 10.1 Å². The topological polar surface area (TPSA) is 92.3 Å². The number of aromatic nitrogens is 3. The van der Waals surface area contributed by atoms with Gasteiger partial charge in [-0.15, -0.1) is 10.2 Å². The van der Waals surface area contributed by atoms with Crippen LogP contribution in [0.25, 0.3) is 5.69 Å². The van der Waals surface area contributed by atoms with Gasteiger partial charge in [-0.05, 0) is 70.9 Å². The Morgan fingerprint density at radius 3 is 2.54 bits per heavy atom. The van der Waals surface area contributed by atoms with E-state index in [2.05, 4.69) is 26.1 Å². The van der Waals surface area contributed by atoms with Crippen molar-refractivity contribution in [2.45, 2.75) is 23.9 Å². The van der Waals surface area contributed by atoms with Crippen LogP contribution < -0.4 is 9.47 Å². The molecule has 8 nitrogen and oxygen atoms in total. The van der Waals surface area contributed by atoms with Crippen molar-refractivity contribution in [3.8, 4) is 17.2 Å². The third-order valence-corrected chi connectivity index (χ3v) is 7.79. The lowest BCUT2D eigenvalue weighted by Crippen LogP contribution is -2.12. The van der Waals surface area contributed by atoms with Crippen LogP contribution >= 0.6 is 50.9 Å². The minimum absolute atomic E-state index is 0.227. The summed E-state index contributed by atoms with van der Waals surface area (Å²) in [6.07, 6.45) is 0. The van der Waals surface area contributed by atoms with Crippen LogP contribution in [0.3, 0.4) is 0 Å². The van der Waals surface area contributed by atoms with E-state index in [1.165, 1.54) is 18.9 Å². The highest BCUT2D eigenvalue weighted by Gasteiger charge is 2.26. The van der Waals surface area contributed by atoms with Gasteiger partial charge in [0.15, 0.2) is 16.7 Å². The fourth-order valence-corrected chi connectivity index (χ4v) is 5.66. The Balaban J connectivity index is 1.66. The summed E-state index contributed by atoms with van der Waals surface area (Å²) < 4.78 is 14.0. The summed E-state index contributed by atoms with van der Waals surface area (Å²) >= 11 is 17.1. The molecule has 0 bridgehead atoms. The molecule has 4 rings (SSSR count). The summed E-state index contributed by atoms with van der Waals surface area (Å²) in [5.41, 5.74) is 2.29. The van der Waals surface area contributed by atoms with E-state index in [0.29, 0.717) is 42.6 Å². The normalized spacial score (nSPS) is 11.8. The molecular weight excluding hydrogens is 603 g/mol. The predicted octanol–water partition coefficient (Wildman–Crippen LogP) is 7.34. The molecule has 0 spiro atoms. The van der Waals surface area contributed by atoms with Crippen LogP contribution in [0.15, 0.2) is 70.3 Å². The van der Waals surface area contributed by atoms with E-state index in [1.807, 2.05) is 41.8 Å². The van der Waals surface area contributed by atoms with Gasteiger partial charge in [-0.3, -0.25) is 14.7 Å². The zero-order chi connectivity index (χ0) is 26.5. The Bertz CT molecular complexity index is 1420. The van der Waals surface area contributed by atoms with Gasteiger partial charge in [-0.2, -0.15) is 0 Å². The standard InChI is InChI=1S/C25H21BrCl2N4O4S/c1-15-29-30-25(32(15)19-9-7-18(27)8-10-19)37-23(13-31(33)34)17-11-20(26)24(22(12-17)35-2)36-14-16-5-3-4-6-21(16)28/h3-12,23H,13-14H2,1-2H3/t23-/m1/s1. The molecule has 0 saturated carbocycles. The number of hydrogen-bond acceptors (Lipinski definition) is 7. The summed E-state index contributed by atoms with van der Waals surface area (Å²) in [5.74, 6) is 1.55. The number of thioether (sulfide) groups is 1. The lowest BCUT2D eigenvalue weighted by atomic mass is 10.1. The molecule has 0 unspecified atom stereocenters. The largest absolute Gasteiger partial charge is 0.493 e. The molecule has 0 fully saturated rings. The van der Waals surface area contributed by atoms with Gasteiger partial charge >= 0.3 is 0 Å². The Hall–Kier alpha value is -2.79. The number of rotatable bonds is 10. The number of nitrogens with zero attached hydrogens (tertiary/aromatic N) is 4. The van der Waals surface area contributed by atoms with Gasteiger partial charge in [0.2, 0.25) is 6.54 Å². The number of halogens is 3. The molecule has 4 aromatic rings. The predicted molar refractivity (Wildman–Crippen MR) is 148 cm³/mol. The first-order valence-corrected chi connectivity index (χ1v) is 13.4. The lowest BCUT2D eigenvalue weighted by molar-refractivity contribution is -0.479.